The minimum atomic E-state index is -0.520. The van der Waals surface area contributed by atoms with Crippen molar-refractivity contribution in [3.8, 4) is 5.75 Å². The fourth-order valence-electron chi connectivity index (χ4n) is 2.47. The van der Waals surface area contributed by atoms with Crippen LogP contribution < -0.4 is 16.0 Å². The Kier molecular flexibility index (Phi) is 6.98. The number of hydroxylamine groups is 1. The first-order valence-corrected chi connectivity index (χ1v) is 8.14. The number of hydrogen-bond acceptors (Lipinski definition) is 4. The lowest BCUT2D eigenvalue weighted by molar-refractivity contribution is -0.129. The molecule has 0 saturated heterocycles. The number of primary amides is 1. The van der Waals surface area contributed by atoms with Crippen LogP contribution in [0.3, 0.4) is 0 Å². The standard InChI is InChI=1S/C19H22N2O4/c20-19(23)15(8-2-1-3-12-18(22)21-24)13-25-17-11-6-9-14-7-4-5-10-16(14)17/h4-11,24H,1-3,12-13H2,(H2,20,23)(H,21,22). The molecule has 0 heterocycles. The summed E-state index contributed by atoms with van der Waals surface area (Å²) in [5, 5.41) is 10.5. The Bertz CT molecular complexity index is 766. The molecule has 4 N–H and O–H groups in total. The van der Waals surface area contributed by atoms with E-state index in [0.717, 1.165) is 10.8 Å². The van der Waals surface area contributed by atoms with Gasteiger partial charge >= 0.3 is 0 Å². The first-order valence-electron chi connectivity index (χ1n) is 8.14. The summed E-state index contributed by atoms with van der Waals surface area (Å²) in [6.45, 7) is 0.0977. The third-order valence-corrected chi connectivity index (χ3v) is 3.82. The van der Waals surface area contributed by atoms with Crippen LogP contribution in [0, 0.1) is 0 Å². The van der Waals surface area contributed by atoms with Crippen LogP contribution in [0.5, 0.6) is 5.75 Å². The van der Waals surface area contributed by atoms with Gasteiger partial charge in [0, 0.05) is 17.4 Å². The zero-order valence-corrected chi connectivity index (χ0v) is 13.9. The fourth-order valence-corrected chi connectivity index (χ4v) is 2.47. The van der Waals surface area contributed by atoms with Crippen molar-refractivity contribution in [2.24, 2.45) is 5.73 Å². The maximum atomic E-state index is 11.6. The molecule has 0 aromatic heterocycles. The molecule has 132 valence electrons. The van der Waals surface area contributed by atoms with Crippen molar-refractivity contribution in [3.05, 3.63) is 54.1 Å². The molecule has 2 aromatic carbocycles. The minimum Gasteiger partial charge on any atom is -0.488 e. The number of unbranched alkanes of at least 4 members (excludes halogenated alkanes) is 2. The lowest BCUT2D eigenvalue weighted by Crippen LogP contribution is -2.19. The summed E-state index contributed by atoms with van der Waals surface area (Å²) < 4.78 is 5.79. The second kappa shape index (κ2) is 9.44. The summed E-state index contributed by atoms with van der Waals surface area (Å²) in [6.07, 6.45) is 3.90. The van der Waals surface area contributed by atoms with E-state index < -0.39 is 11.8 Å². The van der Waals surface area contributed by atoms with Gasteiger partial charge in [0.25, 0.3) is 0 Å². The second-order valence-corrected chi connectivity index (χ2v) is 5.64. The van der Waals surface area contributed by atoms with Crippen molar-refractivity contribution in [1.82, 2.24) is 5.48 Å². The summed E-state index contributed by atoms with van der Waals surface area (Å²) in [5.41, 5.74) is 7.40. The largest absolute Gasteiger partial charge is 0.488 e. The monoisotopic (exact) mass is 342 g/mol. The van der Waals surface area contributed by atoms with E-state index in [9.17, 15) is 9.59 Å². The van der Waals surface area contributed by atoms with Crippen molar-refractivity contribution in [2.45, 2.75) is 25.7 Å². The number of nitrogens with two attached hydrogens (primary N) is 1. The number of benzene rings is 2. The Morgan fingerprint density at radius 3 is 2.64 bits per heavy atom. The van der Waals surface area contributed by atoms with Gasteiger partial charge in [0.2, 0.25) is 11.8 Å². The molecule has 0 unspecified atom stereocenters. The van der Waals surface area contributed by atoms with Crippen LogP contribution in [0.2, 0.25) is 0 Å². The van der Waals surface area contributed by atoms with E-state index in [2.05, 4.69) is 0 Å². The number of ether oxygens (including phenoxy) is 1. The zero-order valence-electron chi connectivity index (χ0n) is 13.9. The molecule has 0 aliphatic heterocycles. The van der Waals surface area contributed by atoms with Gasteiger partial charge in [0.1, 0.15) is 12.4 Å². The normalized spacial score (nSPS) is 11.3. The van der Waals surface area contributed by atoms with E-state index in [-0.39, 0.29) is 13.0 Å². The molecule has 6 heteroatoms. The number of carbonyl (C=O) groups is 2. The van der Waals surface area contributed by atoms with Gasteiger partial charge in [-0.05, 0) is 30.7 Å². The SMILES string of the molecule is NC(=O)C(=CCCCCC(=O)NO)COc1cccc2ccccc12. The van der Waals surface area contributed by atoms with Crippen molar-refractivity contribution < 1.29 is 19.5 Å². The number of rotatable bonds is 9. The molecule has 2 aromatic rings. The van der Waals surface area contributed by atoms with Crippen LogP contribution in [-0.2, 0) is 9.59 Å². The Balaban J connectivity index is 1.93. The molecule has 2 amide bonds. The van der Waals surface area contributed by atoms with E-state index in [0.29, 0.717) is 30.6 Å². The molecule has 0 bridgehead atoms. The average Bonchev–Trinajstić information content (AvgIpc) is 2.63. The molecule has 0 aliphatic carbocycles. The van der Waals surface area contributed by atoms with E-state index in [1.165, 1.54) is 0 Å². The molecule has 0 atom stereocenters. The summed E-state index contributed by atoms with van der Waals surface area (Å²) in [7, 11) is 0. The smallest absolute Gasteiger partial charge is 0.247 e. The second-order valence-electron chi connectivity index (χ2n) is 5.64. The minimum absolute atomic E-state index is 0.0977. The predicted molar refractivity (Wildman–Crippen MR) is 95.1 cm³/mol. The Labute approximate surface area is 146 Å². The van der Waals surface area contributed by atoms with Crippen LogP contribution in [0.15, 0.2) is 54.1 Å². The zero-order chi connectivity index (χ0) is 18.1. The van der Waals surface area contributed by atoms with Crippen LogP contribution in [-0.4, -0.2) is 23.6 Å². The Morgan fingerprint density at radius 2 is 1.88 bits per heavy atom. The maximum Gasteiger partial charge on any atom is 0.247 e. The number of nitrogens with one attached hydrogen (secondary N) is 1. The highest BCUT2D eigenvalue weighted by molar-refractivity contribution is 5.92. The fraction of sp³-hybridized carbons (Fsp3) is 0.263. The van der Waals surface area contributed by atoms with Gasteiger partial charge in [-0.3, -0.25) is 14.8 Å². The summed E-state index contributed by atoms with van der Waals surface area (Å²) >= 11 is 0. The van der Waals surface area contributed by atoms with E-state index in [4.69, 9.17) is 15.7 Å². The predicted octanol–water partition coefficient (Wildman–Crippen LogP) is 2.70. The Hall–Kier alpha value is -2.86. The van der Waals surface area contributed by atoms with Gasteiger partial charge in [0.05, 0.1) is 0 Å². The van der Waals surface area contributed by atoms with E-state index in [1.54, 1.807) is 11.6 Å². The summed E-state index contributed by atoms with van der Waals surface area (Å²) in [6, 6.07) is 13.6. The summed E-state index contributed by atoms with van der Waals surface area (Å²) in [4.78, 5) is 22.5. The quantitative estimate of drug-likeness (QED) is 0.282. The molecule has 0 spiro atoms. The summed E-state index contributed by atoms with van der Waals surface area (Å²) in [5.74, 6) is -0.239. The highest BCUT2D eigenvalue weighted by Crippen LogP contribution is 2.25. The maximum absolute atomic E-state index is 11.6. The average molecular weight is 342 g/mol. The third kappa shape index (κ3) is 5.61. The number of amides is 2. The molecular weight excluding hydrogens is 320 g/mol. The van der Waals surface area contributed by atoms with Crippen molar-refractivity contribution in [3.63, 3.8) is 0 Å². The molecule has 0 fully saturated rings. The van der Waals surface area contributed by atoms with Crippen molar-refractivity contribution >= 4 is 22.6 Å². The van der Waals surface area contributed by atoms with Crippen LogP contribution >= 0.6 is 0 Å². The van der Waals surface area contributed by atoms with E-state index in [1.807, 2.05) is 42.5 Å². The third-order valence-electron chi connectivity index (χ3n) is 3.82. The number of hydrogen-bond donors (Lipinski definition) is 3. The first-order chi connectivity index (χ1) is 12.1. The van der Waals surface area contributed by atoms with Crippen LogP contribution in [0.25, 0.3) is 10.8 Å². The topological polar surface area (TPSA) is 102 Å². The molecule has 0 radical (unpaired) electrons. The number of carbonyl (C=O) groups excluding carboxylic acids is 2. The van der Waals surface area contributed by atoms with Gasteiger partial charge in [-0.15, -0.1) is 0 Å². The lowest BCUT2D eigenvalue weighted by Gasteiger charge is -2.10. The number of fused-ring (bicyclic) bond motifs is 1. The van der Waals surface area contributed by atoms with Crippen molar-refractivity contribution in [1.29, 1.82) is 0 Å². The van der Waals surface area contributed by atoms with Gasteiger partial charge < -0.3 is 10.5 Å². The van der Waals surface area contributed by atoms with Gasteiger partial charge in [-0.2, -0.15) is 0 Å². The first kappa shape index (κ1) is 18.5. The van der Waals surface area contributed by atoms with Gasteiger partial charge in [-0.1, -0.05) is 42.5 Å². The molecule has 6 nitrogen and oxygen atoms in total. The highest BCUT2D eigenvalue weighted by atomic mass is 16.5. The van der Waals surface area contributed by atoms with E-state index >= 15 is 0 Å². The van der Waals surface area contributed by atoms with Crippen LogP contribution in [0.1, 0.15) is 25.7 Å². The molecule has 0 aliphatic rings. The lowest BCUT2D eigenvalue weighted by atomic mass is 10.1. The van der Waals surface area contributed by atoms with Gasteiger partial charge in [-0.25, -0.2) is 5.48 Å². The number of allylic oxidation sites excluding steroid dienone is 1. The Morgan fingerprint density at radius 1 is 1.12 bits per heavy atom. The van der Waals surface area contributed by atoms with Crippen LogP contribution in [0.4, 0.5) is 0 Å². The molecule has 25 heavy (non-hydrogen) atoms. The molecule has 0 saturated carbocycles. The highest BCUT2D eigenvalue weighted by Gasteiger charge is 2.08. The van der Waals surface area contributed by atoms with Gasteiger partial charge in [0.15, 0.2) is 0 Å². The molecule has 2 rings (SSSR count). The van der Waals surface area contributed by atoms with Crippen molar-refractivity contribution in [2.75, 3.05) is 6.61 Å². The molecular formula is C19H22N2O4.